The number of halogens is 1. The fourth-order valence-electron chi connectivity index (χ4n) is 2.23. The quantitative estimate of drug-likeness (QED) is 0.871. The Hall–Kier alpha value is -0.340. The van der Waals surface area contributed by atoms with Gasteiger partial charge in [0.1, 0.15) is 0 Å². The number of hydrogen-bond acceptors (Lipinski definition) is 1. The molecule has 1 aromatic rings. The van der Waals surface area contributed by atoms with E-state index in [4.69, 9.17) is 0 Å². The molecule has 1 nitrogen and oxygen atoms in total. The summed E-state index contributed by atoms with van der Waals surface area (Å²) in [4.78, 5) is 0. The molecule has 1 fully saturated rings. The third kappa shape index (κ3) is 1.73. The summed E-state index contributed by atoms with van der Waals surface area (Å²) in [5, 5.41) is 3.58. The molecule has 1 N–H and O–H groups in total. The second-order valence-corrected chi connectivity index (χ2v) is 4.93. The molecule has 76 valence electrons. The smallest absolute Gasteiger partial charge is 0.0446 e. The van der Waals surface area contributed by atoms with E-state index >= 15 is 0 Å². The number of nitrogens with one attached hydrogen (secondary N) is 1. The number of rotatable bonds is 3. The molecule has 1 heterocycles. The molecule has 0 radical (unpaired) electrons. The maximum Gasteiger partial charge on any atom is 0.0446 e. The highest BCUT2D eigenvalue weighted by molar-refractivity contribution is 9.10. The van der Waals surface area contributed by atoms with E-state index in [0.29, 0.717) is 0 Å². The van der Waals surface area contributed by atoms with Crippen LogP contribution in [-0.4, -0.2) is 6.54 Å². The van der Waals surface area contributed by atoms with Gasteiger partial charge in [-0.25, -0.2) is 0 Å². The molecular formula is C12H16BrN. The monoisotopic (exact) mass is 253 g/mol. The maximum absolute atomic E-state index is 3.58. The fraction of sp³-hybridized carbons (Fsp3) is 0.500. The molecule has 1 unspecified atom stereocenters. The van der Waals surface area contributed by atoms with Crippen molar-refractivity contribution in [1.82, 2.24) is 5.32 Å². The van der Waals surface area contributed by atoms with Crippen LogP contribution in [0.25, 0.3) is 0 Å². The fourth-order valence-corrected chi connectivity index (χ4v) is 2.49. The van der Waals surface area contributed by atoms with Crippen LogP contribution in [0.1, 0.15) is 31.7 Å². The molecule has 0 aromatic heterocycles. The predicted molar refractivity (Wildman–Crippen MR) is 63.3 cm³/mol. The first-order chi connectivity index (χ1) is 6.77. The summed E-state index contributed by atoms with van der Waals surface area (Å²) < 4.78 is 1.16. The summed E-state index contributed by atoms with van der Waals surface area (Å²) in [6.45, 7) is 3.41. The zero-order valence-corrected chi connectivity index (χ0v) is 10.1. The summed E-state index contributed by atoms with van der Waals surface area (Å²) >= 11 is 3.47. The minimum atomic E-state index is 0.287. The van der Waals surface area contributed by atoms with Gasteiger partial charge in [0.05, 0.1) is 0 Å². The first-order valence-electron chi connectivity index (χ1n) is 5.28. The Bertz CT molecular complexity index is 301. The van der Waals surface area contributed by atoms with Crippen LogP contribution in [0.5, 0.6) is 0 Å². The highest BCUT2D eigenvalue weighted by Gasteiger charge is 2.36. The average Bonchev–Trinajstić information content (AvgIpc) is 2.13. The van der Waals surface area contributed by atoms with E-state index in [1.54, 1.807) is 0 Å². The average molecular weight is 254 g/mol. The van der Waals surface area contributed by atoms with E-state index in [9.17, 15) is 0 Å². The van der Waals surface area contributed by atoms with Gasteiger partial charge in [0, 0.05) is 10.0 Å². The van der Waals surface area contributed by atoms with Gasteiger partial charge < -0.3 is 5.32 Å². The lowest BCUT2D eigenvalue weighted by atomic mass is 9.77. The van der Waals surface area contributed by atoms with Crippen molar-refractivity contribution in [3.05, 3.63) is 34.3 Å². The zero-order valence-electron chi connectivity index (χ0n) is 8.52. The standard InChI is InChI=1S/C12H16BrN/c1-2-7-12(8-9-14-12)10-3-5-11(13)6-4-10/h3-6,14H,2,7-9H2,1H3. The van der Waals surface area contributed by atoms with E-state index < -0.39 is 0 Å². The van der Waals surface area contributed by atoms with Gasteiger partial charge >= 0.3 is 0 Å². The third-order valence-corrected chi connectivity index (χ3v) is 3.62. The molecule has 1 aliphatic rings. The van der Waals surface area contributed by atoms with Crippen LogP contribution in [0.15, 0.2) is 28.7 Å². The summed E-state index contributed by atoms with van der Waals surface area (Å²) in [7, 11) is 0. The van der Waals surface area contributed by atoms with Crippen molar-refractivity contribution in [2.75, 3.05) is 6.54 Å². The molecule has 0 aliphatic carbocycles. The van der Waals surface area contributed by atoms with E-state index in [0.717, 1.165) is 11.0 Å². The summed E-state index contributed by atoms with van der Waals surface area (Å²) in [5.74, 6) is 0. The van der Waals surface area contributed by atoms with E-state index in [2.05, 4.69) is 52.4 Å². The van der Waals surface area contributed by atoms with Crippen molar-refractivity contribution in [3.63, 3.8) is 0 Å². The number of hydrogen-bond donors (Lipinski definition) is 1. The lowest BCUT2D eigenvalue weighted by Crippen LogP contribution is -2.53. The second-order valence-electron chi connectivity index (χ2n) is 4.02. The zero-order chi connectivity index (χ0) is 10.0. The van der Waals surface area contributed by atoms with E-state index in [1.807, 2.05) is 0 Å². The molecular weight excluding hydrogens is 238 g/mol. The van der Waals surface area contributed by atoms with Crippen LogP contribution in [0.3, 0.4) is 0 Å². The van der Waals surface area contributed by atoms with Crippen LogP contribution in [0.2, 0.25) is 0 Å². The molecule has 1 saturated heterocycles. The minimum Gasteiger partial charge on any atom is -0.307 e. The SMILES string of the molecule is CCCC1(c2ccc(Br)cc2)CCN1. The van der Waals surface area contributed by atoms with Gasteiger partial charge in [-0.1, -0.05) is 41.4 Å². The topological polar surface area (TPSA) is 12.0 Å². The van der Waals surface area contributed by atoms with Gasteiger partial charge in [0.25, 0.3) is 0 Å². The molecule has 0 saturated carbocycles. The molecule has 1 aromatic carbocycles. The first kappa shape index (κ1) is 10.2. The van der Waals surface area contributed by atoms with Crippen LogP contribution < -0.4 is 5.32 Å². The molecule has 1 aliphatic heterocycles. The van der Waals surface area contributed by atoms with Crippen molar-refractivity contribution in [1.29, 1.82) is 0 Å². The normalized spacial score (nSPS) is 25.9. The van der Waals surface area contributed by atoms with Crippen molar-refractivity contribution >= 4 is 15.9 Å². The Labute approximate surface area is 94.0 Å². The summed E-state index contributed by atoms with van der Waals surface area (Å²) in [6, 6.07) is 8.72. The first-order valence-corrected chi connectivity index (χ1v) is 6.07. The lowest BCUT2D eigenvalue weighted by molar-refractivity contribution is 0.191. The van der Waals surface area contributed by atoms with Gasteiger partial charge in [0.15, 0.2) is 0 Å². The van der Waals surface area contributed by atoms with Crippen molar-refractivity contribution in [2.24, 2.45) is 0 Å². The van der Waals surface area contributed by atoms with Crippen LogP contribution in [0, 0.1) is 0 Å². The van der Waals surface area contributed by atoms with Gasteiger partial charge in [-0.2, -0.15) is 0 Å². The van der Waals surface area contributed by atoms with Crippen molar-refractivity contribution in [3.8, 4) is 0 Å². The molecule has 14 heavy (non-hydrogen) atoms. The number of benzene rings is 1. The molecule has 1 atom stereocenters. The van der Waals surface area contributed by atoms with Gasteiger partial charge in [0.2, 0.25) is 0 Å². The van der Waals surface area contributed by atoms with E-state index in [-0.39, 0.29) is 5.54 Å². The third-order valence-electron chi connectivity index (χ3n) is 3.09. The largest absolute Gasteiger partial charge is 0.307 e. The highest BCUT2D eigenvalue weighted by Crippen LogP contribution is 2.36. The maximum atomic E-state index is 3.58. The second kappa shape index (κ2) is 4.03. The Balaban J connectivity index is 2.23. The van der Waals surface area contributed by atoms with Crippen LogP contribution in [0.4, 0.5) is 0 Å². The molecule has 2 heteroatoms. The van der Waals surface area contributed by atoms with Gasteiger partial charge in [-0.05, 0) is 37.1 Å². The summed E-state index contributed by atoms with van der Waals surface area (Å²) in [5.41, 5.74) is 1.73. The Morgan fingerprint density at radius 1 is 1.36 bits per heavy atom. The predicted octanol–water partition coefficient (Wildman–Crippen LogP) is 3.44. The molecule has 0 bridgehead atoms. The highest BCUT2D eigenvalue weighted by atomic mass is 79.9. The van der Waals surface area contributed by atoms with E-state index in [1.165, 1.54) is 24.8 Å². The lowest BCUT2D eigenvalue weighted by Gasteiger charge is -2.44. The van der Waals surface area contributed by atoms with Crippen LogP contribution in [-0.2, 0) is 5.54 Å². The molecule has 0 amide bonds. The van der Waals surface area contributed by atoms with Crippen LogP contribution >= 0.6 is 15.9 Å². The molecule has 2 rings (SSSR count). The Morgan fingerprint density at radius 2 is 2.00 bits per heavy atom. The summed E-state index contributed by atoms with van der Waals surface area (Å²) in [6.07, 6.45) is 3.76. The minimum absolute atomic E-state index is 0.287. The Morgan fingerprint density at radius 3 is 2.43 bits per heavy atom. The van der Waals surface area contributed by atoms with Crippen molar-refractivity contribution < 1.29 is 0 Å². The van der Waals surface area contributed by atoms with Gasteiger partial charge in [-0.15, -0.1) is 0 Å². The van der Waals surface area contributed by atoms with Gasteiger partial charge in [-0.3, -0.25) is 0 Å². The Kier molecular flexibility index (Phi) is 2.93. The molecule has 0 spiro atoms. The van der Waals surface area contributed by atoms with Crippen molar-refractivity contribution in [2.45, 2.75) is 31.7 Å².